The zero-order valence-corrected chi connectivity index (χ0v) is 13.5. The third-order valence-electron chi connectivity index (χ3n) is 3.14. The second kappa shape index (κ2) is 7.89. The zero-order valence-electron chi connectivity index (χ0n) is 12.7. The molecule has 0 saturated heterocycles. The van der Waals surface area contributed by atoms with Crippen molar-refractivity contribution in [2.24, 2.45) is 0 Å². The molecule has 0 bridgehead atoms. The summed E-state index contributed by atoms with van der Waals surface area (Å²) in [5, 5.41) is 11.3. The van der Waals surface area contributed by atoms with Crippen molar-refractivity contribution in [3.05, 3.63) is 59.9 Å². The van der Waals surface area contributed by atoms with Gasteiger partial charge < -0.3 is 10.4 Å². The van der Waals surface area contributed by atoms with E-state index in [1.165, 1.54) is 36.4 Å². The van der Waals surface area contributed by atoms with E-state index in [1.54, 1.807) is 0 Å². The van der Waals surface area contributed by atoms with Gasteiger partial charge in [-0.25, -0.2) is 12.8 Å². The minimum Gasteiger partial charge on any atom is -0.396 e. The Labute approximate surface area is 139 Å². The number of carbonyl (C=O) groups excluding carboxylic acids is 1. The largest absolute Gasteiger partial charge is 0.396 e. The Balaban J connectivity index is 2.08. The van der Waals surface area contributed by atoms with Crippen molar-refractivity contribution >= 4 is 21.6 Å². The van der Waals surface area contributed by atoms with Crippen LogP contribution in [0.4, 0.5) is 10.1 Å². The van der Waals surface area contributed by atoms with Crippen LogP contribution in [-0.4, -0.2) is 32.6 Å². The number of carbonyl (C=O) groups is 1. The molecule has 0 radical (unpaired) electrons. The van der Waals surface area contributed by atoms with Crippen LogP contribution in [0.3, 0.4) is 0 Å². The summed E-state index contributed by atoms with van der Waals surface area (Å²) in [6.45, 7) is 0.314. The number of amides is 1. The van der Waals surface area contributed by atoms with Crippen LogP contribution < -0.4 is 10.0 Å². The van der Waals surface area contributed by atoms with Crippen LogP contribution in [0, 0.1) is 5.82 Å². The number of benzene rings is 2. The molecule has 0 fully saturated rings. The molecule has 0 spiro atoms. The third-order valence-corrected chi connectivity index (χ3v) is 4.54. The summed E-state index contributed by atoms with van der Waals surface area (Å²) in [6.07, 6.45) is 0.444. The Morgan fingerprint density at radius 3 is 2.25 bits per heavy atom. The van der Waals surface area contributed by atoms with Crippen molar-refractivity contribution in [2.45, 2.75) is 11.3 Å². The molecular formula is C16H17FN2O4S. The van der Waals surface area contributed by atoms with Gasteiger partial charge in [0.15, 0.2) is 0 Å². The Morgan fingerprint density at radius 2 is 1.67 bits per heavy atom. The highest BCUT2D eigenvalue weighted by molar-refractivity contribution is 7.92. The van der Waals surface area contributed by atoms with Gasteiger partial charge >= 0.3 is 0 Å². The SMILES string of the molecule is O=C(NCCCO)c1ccc(S(=O)(=O)Nc2ccc(F)cc2)cc1. The molecule has 2 rings (SSSR count). The molecule has 1 amide bonds. The molecule has 6 nitrogen and oxygen atoms in total. The van der Waals surface area contributed by atoms with E-state index in [-0.39, 0.29) is 23.1 Å². The number of rotatable bonds is 7. The standard InChI is InChI=1S/C16H17FN2O4S/c17-13-4-6-14(7-5-13)19-24(22,23)15-8-2-12(3-9-15)16(21)18-10-1-11-20/h2-9,19-20H,1,10-11H2,(H,18,21). The van der Waals surface area contributed by atoms with Crippen LogP contribution in [0.25, 0.3) is 0 Å². The lowest BCUT2D eigenvalue weighted by atomic mass is 10.2. The van der Waals surface area contributed by atoms with Gasteiger partial charge in [-0.05, 0) is 55.0 Å². The van der Waals surface area contributed by atoms with E-state index in [4.69, 9.17) is 5.11 Å². The Morgan fingerprint density at radius 1 is 1.04 bits per heavy atom. The average molecular weight is 352 g/mol. The first-order chi connectivity index (χ1) is 11.4. The highest BCUT2D eigenvalue weighted by Gasteiger charge is 2.15. The molecule has 2 aromatic carbocycles. The number of anilines is 1. The van der Waals surface area contributed by atoms with E-state index < -0.39 is 15.8 Å². The van der Waals surface area contributed by atoms with Gasteiger partial charge in [-0.15, -0.1) is 0 Å². The van der Waals surface area contributed by atoms with Gasteiger partial charge in [-0.2, -0.15) is 0 Å². The summed E-state index contributed by atoms with van der Waals surface area (Å²) in [7, 11) is -3.83. The molecule has 8 heteroatoms. The van der Waals surface area contributed by atoms with Crippen molar-refractivity contribution in [2.75, 3.05) is 17.9 Å². The molecule has 0 heterocycles. The topological polar surface area (TPSA) is 95.5 Å². The first kappa shape index (κ1) is 17.9. The Hall–Kier alpha value is -2.45. The smallest absolute Gasteiger partial charge is 0.261 e. The molecule has 128 valence electrons. The van der Waals surface area contributed by atoms with E-state index in [0.717, 1.165) is 12.1 Å². The molecule has 0 aliphatic carbocycles. The summed E-state index contributed by atoms with van der Waals surface area (Å²) in [4.78, 5) is 11.8. The molecule has 2 aromatic rings. The number of hydrogen-bond donors (Lipinski definition) is 3. The van der Waals surface area contributed by atoms with Crippen LogP contribution in [0.1, 0.15) is 16.8 Å². The lowest BCUT2D eigenvalue weighted by Gasteiger charge is -2.09. The average Bonchev–Trinajstić information content (AvgIpc) is 2.57. The van der Waals surface area contributed by atoms with Crippen LogP contribution in [-0.2, 0) is 10.0 Å². The molecule has 3 N–H and O–H groups in total. The Kier molecular flexibility index (Phi) is 5.88. The molecule has 0 aromatic heterocycles. The van der Waals surface area contributed by atoms with E-state index in [2.05, 4.69) is 10.0 Å². The van der Waals surface area contributed by atoms with Gasteiger partial charge in [0.2, 0.25) is 0 Å². The minimum absolute atomic E-state index is 0.0151. The lowest BCUT2D eigenvalue weighted by Crippen LogP contribution is -2.25. The fourth-order valence-corrected chi connectivity index (χ4v) is 2.96. The first-order valence-corrected chi connectivity index (χ1v) is 8.68. The number of sulfonamides is 1. The number of halogens is 1. The van der Waals surface area contributed by atoms with Gasteiger partial charge in [0, 0.05) is 24.4 Å². The summed E-state index contributed by atoms with van der Waals surface area (Å²) in [5.41, 5.74) is 0.552. The molecule has 0 aliphatic rings. The predicted octanol–water partition coefficient (Wildman–Crippen LogP) is 1.74. The fourth-order valence-electron chi connectivity index (χ4n) is 1.90. The van der Waals surface area contributed by atoms with Crippen LogP contribution >= 0.6 is 0 Å². The maximum absolute atomic E-state index is 12.8. The second-order valence-corrected chi connectivity index (χ2v) is 6.65. The van der Waals surface area contributed by atoms with Gasteiger partial charge in [0.1, 0.15) is 5.82 Å². The van der Waals surface area contributed by atoms with Crippen molar-refractivity contribution in [1.82, 2.24) is 5.32 Å². The predicted molar refractivity (Wildman–Crippen MR) is 87.7 cm³/mol. The van der Waals surface area contributed by atoms with Crippen molar-refractivity contribution < 1.29 is 22.7 Å². The summed E-state index contributed by atoms with van der Waals surface area (Å²) >= 11 is 0. The molecular weight excluding hydrogens is 335 g/mol. The van der Waals surface area contributed by atoms with Crippen LogP contribution in [0.5, 0.6) is 0 Å². The maximum atomic E-state index is 12.8. The number of aliphatic hydroxyl groups is 1. The molecule has 0 aliphatic heterocycles. The van der Waals surface area contributed by atoms with Crippen molar-refractivity contribution in [3.63, 3.8) is 0 Å². The minimum atomic E-state index is -3.83. The highest BCUT2D eigenvalue weighted by Crippen LogP contribution is 2.17. The number of aliphatic hydroxyl groups excluding tert-OH is 1. The Bertz CT molecular complexity index is 790. The van der Waals surface area contributed by atoms with Gasteiger partial charge in [-0.1, -0.05) is 0 Å². The monoisotopic (exact) mass is 352 g/mol. The molecule has 0 atom stereocenters. The quantitative estimate of drug-likeness (QED) is 0.662. The summed E-state index contributed by atoms with van der Waals surface area (Å²) in [6, 6.07) is 10.3. The second-order valence-electron chi connectivity index (χ2n) is 4.97. The zero-order chi connectivity index (χ0) is 17.6. The highest BCUT2D eigenvalue weighted by atomic mass is 32.2. The van der Waals surface area contributed by atoms with Crippen LogP contribution in [0.15, 0.2) is 53.4 Å². The first-order valence-electron chi connectivity index (χ1n) is 7.20. The molecule has 0 unspecified atom stereocenters. The normalized spacial score (nSPS) is 11.1. The van der Waals surface area contributed by atoms with E-state index in [9.17, 15) is 17.6 Å². The number of hydrogen-bond acceptors (Lipinski definition) is 4. The fraction of sp³-hybridized carbons (Fsp3) is 0.188. The van der Waals surface area contributed by atoms with Gasteiger partial charge in [-0.3, -0.25) is 9.52 Å². The van der Waals surface area contributed by atoms with Gasteiger partial charge in [0.25, 0.3) is 15.9 Å². The van der Waals surface area contributed by atoms with Crippen molar-refractivity contribution in [3.8, 4) is 0 Å². The lowest BCUT2D eigenvalue weighted by molar-refractivity contribution is 0.0951. The molecule has 24 heavy (non-hydrogen) atoms. The van der Waals surface area contributed by atoms with Gasteiger partial charge in [0.05, 0.1) is 4.90 Å². The van der Waals surface area contributed by atoms with E-state index in [1.807, 2.05) is 0 Å². The van der Waals surface area contributed by atoms with E-state index in [0.29, 0.717) is 18.5 Å². The van der Waals surface area contributed by atoms with Crippen molar-refractivity contribution in [1.29, 1.82) is 0 Å². The van der Waals surface area contributed by atoms with E-state index >= 15 is 0 Å². The summed E-state index contributed by atoms with van der Waals surface area (Å²) in [5.74, 6) is -0.812. The number of nitrogens with one attached hydrogen (secondary N) is 2. The summed E-state index contributed by atoms with van der Waals surface area (Å²) < 4.78 is 39.7. The van der Waals surface area contributed by atoms with Crippen LogP contribution in [0.2, 0.25) is 0 Å². The maximum Gasteiger partial charge on any atom is 0.261 e. The third kappa shape index (κ3) is 4.77. The molecule has 0 saturated carbocycles.